The van der Waals surface area contributed by atoms with Crippen LogP contribution in [-0.4, -0.2) is 29.3 Å². The van der Waals surface area contributed by atoms with E-state index < -0.39 is 5.54 Å². The number of amides is 1. The van der Waals surface area contributed by atoms with E-state index >= 15 is 0 Å². The van der Waals surface area contributed by atoms with Gasteiger partial charge in [0.05, 0.1) is 16.7 Å². The normalized spacial score (nSPS) is 28.4. The van der Waals surface area contributed by atoms with Crippen molar-refractivity contribution in [2.45, 2.75) is 38.3 Å². The van der Waals surface area contributed by atoms with Gasteiger partial charge in [0, 0.05) is 29.5 Å². The molecular weight excluding hydrogens is 370 g/mol. The molecule has 2 aliphatic rings. The number of carbonyl (C=O) groups excluding carboxylic acids is 1. The van der Waals surface area contributed by atoms with Gasteiger partial charge < -0.3 is 15.2 Å². The number of benzene rings is 1. The van der Waals surface area contributed by atoms with E-state index in [1.165, 1.54) is 0 Å². The summed E-state index contributed by atoms with van der Waals surface area (Å²) in [4.78, 5) is 12.5. The zero-order chi connectivity index (χ0) is 16.1. The molecule has 1 fully saturated rings. The molecule has 0 aromatic heterocycles. The van der Waals surface area contributed by atoms with E-state index in [2.05, 4.69) is 21.2 Å². The molecule has 2 atom stereocenters. The second kappa shape index (κ2) is 5.55. The van der Waals surface area contributed by atoms with Gasteiger partial charge in [-0.05, 0) is 31.5 Å². The maximum absolute atomic E-state index is 12.5. The molecule has 3 rings (SSSR count). The first kappa shape index (κ1) is 15.8. The van der Waals surface area contributed by atoms with Crippen LogP contribution in [0.1, 0.15) is 30.9 Å². The number of rotatable bonds is 1. The molecule has 0 bridgehead atoms. The van der Waals surface area contributed by atoms with E-state index in [1.807, 2.05) is 19.9 Å². The lowest BCUT2D eigenvalue weighted by molar-refractivity contribution is -0.117. The van der Waals surface area contributed by atoms with Crippen LogP contribution in [0, 0.1) is 6.92 Å². The second-order valence-corrected chi connectivity index (χ2v) is 7.30. The van der Waals surface area contributed by atoms with Crippen LogP contribution in [0.2, 0.25) is 5.02 Å². The third-order valence-corrected chi connectivity index (χ3v) is 5.10. The average Bonchev–Trinajstić information content (AvgIpc) is 2.62. The van der Waals surface area contributed by atoms with Crippen molar-refractivity contribution in [1.82, 2.24) is 5.32 Å². The summed E-state index contributed by atoms with van der Waals surface area (Å²) in [6.45, 7) is 4.32. The van der Waals surface area contributed by atoms with Gasteiger partial charge in [0.1, 0.15) is 11.3 Å². The van der Waals surface area contributed by atoms with E-state index in [1.54, 1.807) is 6.07 Å². The van der Waals surface area contributed by atoms with E-state index in [0.717, 1.165) is 10.0 Å². The minimum absolute atomic E-state index is 0.0166. The second-order valence-electron chi connectivity index (χ2n) is 5.97. The Kier molecular flexibility index (Phi) is 4.00. The lowest BCUT2D eigenvalue weighted by Gasteiger charge is -2.36. The predicted octanol–water partition coefficient (Wildman–Crippen LogP) is 3.75. The Morgan fingerprint density at radius 2 is 2.23 bits per heavy atom. The maximum Gasteiger partial charge on any atom is 0.256 e. The topological polar surface area (TPSA) is 58.6 Å². The van der Waals surface area contributed by atoms with Gasteiger partial charge in [-0.15, -0.1) is 0 Å². The highest BCUT2D eigenvalue weighted by atomic mass is 79.9. The lowest BCUT2D eigenvalue weighted by atomic mass is 9.85. The number of nitrogens with one attached hydrogen (secondary N) is 1. The van der Waals surface area contributed by atoms with Crippen LogP contribution < -0.4 is 5.32 Å². The van der Waals surface area contributed by atoms with Crippen LogP contribution >= 0.6 is 27.5 Å². The van der Waals surface area contributed by atoms with Gasteiger partial charge in [-0.25, -0.2) is 0 Å². The molecule has 1 aromatic rings. The predicted molar refractivity (Wildman–Crippen MR) is 89.0 cm³/mol. The minimum atomic E-state index is -0.729. The Hall–Kier alpha value is -1.04. The van der Waals surface area contributed by atoms with Gasteiger partial charge >= 0.3 is 0 Å². The number of aliphatic hydroxyl groups is 1. The number of carbonyl (C=O) groups is 1. The van der Waals surface area contributed by atoms with Crippen molar-refractivity contribution in [2.24, 2.45) is 0 Å². The number of aliphatic hydroxyl groups excluding tert-OH is 1. The standard InChI is InChI=1S/C16H17BrClNO3/c1-8-5-10(17)6-11(18)12(8)13-14(20)16(19-15(13)21)3-4-22-9(2)7-16/h5-6,9,20H,3-4,7H2,1-2H3,(H,19,21). The SMILES string of the molecule is Cc1cc(Br)cc(Cl)c1C1=C(O)C2(CCOC(C)C2)NC1=O. The van der Waals surface area contributed by atoms with E-state index in [9.17, 15) is 9.90 Å². The molecule has 0 saturated carbocycles. The first-order chi connectivity index (χ1) is 10.3. The van der Waals surface area contributed by atoms with Crippen molar-refractivity contribution < 1.29 is 14.6 Å². The molecule has 1 amide bonds. The third kappa shape index (κ3) is 2.45. The molecule has 0 radical (unpaired) electrons. The number of hydrogen-bond acceptors (Lipinski definition) is 3. The van der Waals surface area contributed by atoms with Crippen molar-refractivity contribution in [3.05, 3.63) is 38.5 Å². The molecule has 0 aliphatic carbocycles. The van der Waals surface area contributed by atoms with Crippen LogP contribution in [0.5, 0.6) is 0 Å². The molecule has 1 saturated heterocycles. The fraction of sp³-hybridized carbons (Fsp3) is 0.438. The molecule has 1 aromatic carbocycles. The highest BCUT2D eigenvalue weighted by Crippen LogP contribution is 2.42. The van der Waals surface area contributed by atoms with E-state index in [4.69, 9.17) is 16.3 Å². The summed E-state index contributed by atoms with van der Waals surface area (Å²) in [5.74, 6) is -0.195. The first-order valence-electron chi connectivity index (χ1n) is 7.18. The van der Waals surface area contributed by atoms with Crippen LogP contribution in [0.15, 0.2) is 22.4 Å². The summed E-state index contributed by atoms with van der Waals surface area (Å²) in [5, 5.41) is 14.2. The third-order valence-electron chi connectivity index (χ3n) is 4.34. The van der Waals surface area contributed by atoms with E-state index in [-0.39, 0.29) is 23.3 Å². The molecule has 2 heterocycles. The van der Waals surface area contributed by atoms with Gasteiger partial charge in [0.25, 0.3) is 5.91 Å². The summed E-state index contributed by atoms with van der Waals surface area (Å²) >= 11 is 9.71. The van der Waals surface area contributed by atoms with Gasteiger partial charge in [0.15, 0.2) is 0 Å². The van der Waals surface area contributed by atoms with Crippen molar-refractivity contribution in [3.8, 4) is 0 Å². The van der Waals surface area contributed by atoms with Crippen molar-refractivity contribution >= 4 is 39.0 Å². The zero-order valence-electron chi connectivity index (χ0n) is 12.4. The molecular formula is C16H17BrClNO3. The molecule has 2 unspecified atom stereocenters. The highest BCUT2D eigenvalue weighted by Gasteiger charge is 2.48. The van der Waals surface area contributed by atoms with E-state index in [0.29, 0.717) is 30.0 Å². The van der Waals surface area contributed by atoms with Crippen molar-refractivity contribution in [3.63, 3.8) is 0 Å². The Balaban J connectivity index is 2.14. The monoisotopic (exact) mass is 385 g/mol. The zero-order valence-corrected chi connectivity index (χ0v) is 14.7. The number of aryl methyl sites for hydroxylation is 1. The molecule has 2 N–H and O–H groups in total. The summed E-state index contributed by atoms with van der Waals surface area (Å²) in [6.07, 6.45) is 1.10. The van der Waals surface area contributed by atoms with Gasteiger partial charge in [-0.1, -0.05) is 27.5 Å². The Bertz CT molecular complexity index is 665. The highest BCUT2D eigenvalue weighted by molar-refractivity contribution is 9.10. The first-order valence-corrected chi connectivity index (χ1v) is 8.35. The van der Waals surface area contributed by atoms with Crippen LogP contribution in [0.25, 0.3) is 5.57 Å². The summed E-state index contributed by atoms with van der Waals surface area (Å²) in [5.41, 5.74) is 0.987. The van der Waals surface area contributed by atoms with Crippen LogP contribution in [-0.2, 0) is 9.53 Å². The molecule has 1 spiro atoms. The maximum atomic E-state index is 12.5. The molecule has 4 nitrogen and oxygen atoms in total. The smallest absolute Gasteiger partial charge is 0.256 e. The van der Waals surface area contributed by atoms with Crippen molar-refractivity contribution in [2.75, 3.05) is 6.61 Å². The summed E-state index contributed by atoms with van der Waals surface area (Å²) in [7, 11) is 0. The minimum Gasteiger partial charge on any atom is -0.509 e. The van der Waals surface area contributed by atoms with Gasteiger partial charge in [0.2, 0.25) is 0 Å². The number of ether oxygens (including phenoxy) is 1. The Morgan fingerprint density at radius 3 is 2.86 bits per heavy atom. The summed E-state index contributed by atoms with van der Waals surface area (Å²) in [6, 6.07) is 3.61. The molecule has 22 heavy (non-hydrogen) atoms. The fourth-order valence-corrected chi connectivity index (χ4v) is 4.42. The Morgan fingerprint density at radius 1 is 1.50 bits per heavy atom. The fourth-order valence-electron chi connectivity index (χ4n) is 3.35. The molecule has 2 aliphatic heterocycles. The van der Waals surface area contributed by atoms with Gasteiger partial charge in [-0.3, -0.25) is 4.79 Å². The quantitative estimate of drug-likeness (QED) is 0.773. The van der Waals surface area contributed by atoms with Crippen molar-refractivity contribution in [1.29, 1.82) is 0 Å². The molecule has 6 heteroatoms. The van der Waals surface area contributed by atoms with Crippen LogP contribution in [0.3, 0.4) is 0 Å². The van der Waals surface area contributed by atoms with Gasteiger partial charge in [-0.2, -0.15) is 0 Å². The number of halogens is 2. The largest absolute Gasteiger partial charge is 0.509 e. The lowest BCUT2D eigenvalue weighted by Crippen LogP contribution is -2.50. The number of hydrogen-bond donors (Lipinski definition) is 2. The van der Waals surface area contributed by atoms with Crippen LogP contribution in [0.4, 0.5) is 0 Å². The summed E-state index contributed by atoms with van der Waals surface area (Å²) < 4.78 is 6.37. The Labute approximate surface area is 142 Å². The average molecular weight is 387 g/mol. The molecule has 118 valence electrons.